The number of nitrogens with one attached hydrogen (secondary N) is 1. The van der Waals surface area contributed by atoms with E-state index >= 15 is 0 Å². The fourth-order valence-electron chi connectivity index (χ4n) is 4.40. The number of ether oxygens (including phenoxy) is 2. The average Bonchev–Trinajstić information content (AvgIpc) is 3.57. The molecule has 0 spiro atoms. The van der Waals surface area contributed by atoms with E-state index < -0.39 is 0 Å². The molecule has 0 radical (unpaired) electrons. The maximum absolute atomic E-state index is 13.1. The van der Waals surface area contributed by atoms with Gasteiger partial charge in [-0.2, -0.15) is 0 Å². The Labute approximate surface area is 220 Å². The van der Waals surface area contributed by atoms with Crippen LogP contribution >= 0.6 is 11.3 Å². The SMILES string of the molecule is CC(C)N(Cc1nc(C(=O)N2CCN(Cc3ccc4c(c3)OCO4)CC2)cs1)C(=O)Nc1ccccc1. The Kier molecular flexibility index (Phi) is 7.57. The van der Waals surface area contributed by atoms with Crippen molar-refractivity contribution in [2.75, 3.05) is 38.3 Å². The van der Waals surface area contributed by atoms with Gasteiger partial charge in [0, 0.05) is 49.8 Å². The highest BCUT2D eigenvalue weighted by Gasteiger charge is 2.26. The van der Waals surface area contributed by atoms with E-state index in [9.17, 15) is 9.59 Å². The smallest absolute Gasteiger partial charge is 0.322 e. The van der Waals surface area contributed by atoms with Crippen LogP contribution in [0.15, 0.2) is 53.9 Å². The summed E-state index contributed by atoms with van der Waals surface area (Å²) in [6.45, 7) is 8.22. The Morgan fingerprint density at radius 3 is 2.57 bits per heavy atom. The maximum Gasteiger partial charge on any atom is 0.322 e. The van der Waals surface area contributed by atoms with Gasteiger partial charge in [0.25, 0.3) is 5.91 Å². The van der Waals surface area contributed by atoms with Gasteiger partial charge in [-0.3, -0.25) is 9.69 Å². The zero-order chi connectivity index (χ0) is 25.8. The van der Waals surface area contributed by atoms with E-state index in [0.717, 1.165) is 41.8 Å². The normalized spacial score (nSPS) is 15.2. The second-order valence-corrected chi connectivity index (χ2v) is 10.3. The number of benzene rings is 2. The second kappa shape index (κ2) is 11.2. The molecule has 1 aromatic heterocycles. The Bertz CT molecular complexity index is 1240. The van der Waals surface area contributed by atoms with E-state index in [4.69, 9.17) is 9.47 Å². The second-order valence-electron chi connectivity index (χ2n) is 9.40. The van der Waals surface area contributed by atoms with E-state index in [2.05, 4.69) is 21.3 Å². The number of rotatable bonds is 7. The van der Waals surface area contributed by atoms with Crippen molar-refractivity contribution < 1.29 is 19.1 Å². The summed E-state index contributed by atoms with van der Waals surface area (Å²) in [6.07, 6.45) is 0. The van der Waals surface area contributed by atoms with E-state index in [-0.39, 0.29) is 24.8 Å². The largest absolute Gasteiger partial charge is 0.454 e. The van der Waals surface area contributed by atoms with Crippen LogP contribution in [-0.2, 0) is 13.1 Å². The molecule has 3 heterocycles. The van der Waals surface area contributed by atoms with E-state index in [1.54, 1.807) is 10.3 Å². The van der Waals surface area contributed by atoms with Crippen LogP contribution in [0.25, 0.3) is 0 Å². The summed E-state index contributed by atoms with van der Waals surface area (Å²) in [5, 5.41) is 5.46. The molecular weight excluding hydrogens is 490 g/mol. The molecule has 9 nitrogen and oxygen atoms in total. The molecule has 1 saturated heterocycles. The molecule has 0 saturated carbocycles. The first-order chi connectivity index (χ1) is 18.0. The number of piperazine rings is 1. The minimum Gasteiger partial charge on any atom is -0.454 e. The van der Waals surface area contributed by atoms with Crippen LogP contribution in [0.4, 0.5) is 10.5 Å². The lowest BCUT2D eigenvalue weighted by Gasteiger charge is -2.34. The lowest BCUT2D eigenvalue weighted by molar-refractivity contribution is 0.0623. The number of fused-ring (bicyclic) bond motifs is 1. The zero-order valence-corrected chi connectivity index (χ0v) is 21.9. The molecule has 10 heteroatoms. The number of nitrogens with zero attached hydrogens (tertiary/aromatic N) is 4. The van der Waals surface area contributed by atoms with Gasteiger partial charge in [0.15, 0.2) is 11.5 Å². The minimum absolute atomic E-state index is 0.0235. The lowest BCUT2D eigenvalue weighted by atomic mass is 10.1. The minimum atomic E-state index is -0.192. The quantitative estimate of drug-likeness (QED) is 0.500. The number of aromatic nitrogens is 1. The van der Waals surface area contributed by atoms with E-state index in [1.807, 2.05) is 61.2 Å². The topological polar surface area (TPSA) is 87.2 Å². The molecule has 2 aliphatic heterocycles. The van der Waals surface area contributed by atoms with Crippen LogP contribution in [0, 0.1) is 0 Å². The van der Waals surface area contributed by atoms with Crippen molar-refractivity contribution in [1.29, 1.82) is 0 Å². The van der Waals surface area contributed by atoms with E-state index in [0.29, 0.717) is 25.3 Å². The molecule has 194 valence electrons. The van der Waals surface area contributed by atoms with Crippen molar-refractivity contribution in [3.63, 3.8) is 0 Å². The molecule has 3 amide bonds. The fourth-order valence-corrected chi connectivity index (χ4v) is 5.17. The molecule has 2 aliphatic rings. The lowest BCUT2D eigenvalue weighted by Crippen LogP contribution is -2.48. The molecule has 0 atom stereocenters. The number of thiazole rings is 1. The Morgan fingerprint density at radius 2 is 1.81 bits per heavy atom. The summed E-state index contributed by atoms with van der Waals surface area (Å²) >= 11 is 1.41. The number of hydrogen-bond donors (Lipinski definition) is 1. The number of anilines is 1. The van der Waals surface area contributed by atoms with Gasteiger partial charge in [0.05, 0.1) is 6.54 Å². The van der Waals surface area contributed by atoms with Crippen molar-refractivity contribution in [1.82, 2.24) is 19.7 Å². The highest BCUT2D eigenvalue weighted by atomic mass is 32.1. The first kappa shape index (κ1) is 25.0. The highest BCUT2D eigenvalue weighted by Crippen LogP contribution is 2.33. The number of carbonyl (C=O) groups excluding carboxylic acids is 2. The predicted molar refractivity (Wildman–Crippen MR) is 142 cm³/mol. The van der Waals surface area contributed by atoms with Gasteiger partial charge in [-0.15, -0.1) is 11.3 Å². The van der Waals surface area contributed by atoms with Crippen molar-refractivity contribution >= 4 is 29.0 Å². The number of carbonyl (C=O) groups is 2. The average molecular weight is 522 g/mol. The third-order valence-corrected chi connectivity index (χ3v) is 7.32. The molecule has 3 aromatic rings. The van der Waals surface area contributed by atoms with Crippen LogP contribution in [0.3, 0.4) is 0 Å². The van der Waals surface area contributed by atoms with Crippen LogP contribution in [0.2, 0.25) is 0 Å². The predicted octanol–water partition coefficient (Wildman–Crippen LogP) is 4.27. The third-order valence-electron chi connectivity index (χ3n) is 6.49. The van der Waals surface area contributed by atoms with Crippen molar-refractivity contribution in [3.05, 3.63) is 70.2 Å². The first-order valence-electron chi connectivity index (χ1n) is 12.4. The number of hydrogen-bond acceptors (Lipinski definition) is 7. The van der Waals surface area contributed by atoms with Crippen LogP contribution < -0.4 is 14.8 Å². The summed E-state index contributed by atoms with van der Waals surface area (Å²) in [5.74, 6) is 1.52. The van der Waals surface area contributed by atoms with Crippen LogP contribution in [0.1, 0.15) is 34.9 Å². The summed E-state index contributed by atoms with van der Waals surface area (Å²) in [5.41, 5.74) is 2.35. The number of urea groups is 1. The number of amides is 3. The van der Waals surface area contributed by atoms with Crippen molar-refractivity contribution in [2.45, 2.75) is 33.0 Å². The Hall–Kier alpha value is -3.63. The molecule has 0 unspecified atom stereocenters. The summed E-state index contributed by atoms with van der Waals surface area (Å²) in [7, 11) is 0. The third kappa shape index (κ3) is 6.03. The van der Waals surface area contributed by atoms with E-state index in [1.165, 1.54) is 16.9 Å². The van der Waals surface area contributed by atoms with Gasteiger partial charge in [0.1, 0.15) is 10.7 Å². The standard InChI is InChI=1S/C27H31N5O4S/c1-19(2)32(27(34)28-21-6-4-3-5-7-21)16-25-29-22(17-37-25)26(33)31-12-10-30(11-13-31)15-20-8-9-23-24(14-20)36-18-35-23/h3-9,14,17,19H,10-13,15-16,18H2,1-2H3,(H,28,34). The fraction of sp³-hybridized carbons (Fsp3) is 0.370. The maximum atomic E-state index is 13.1. The molecule has 5 rings (SSSR count). The summed E-state index contributed by atoms with van der Waals surface area (Å²) in [6, 6.07) is 15.2. The molecule has 2 aromatic carbocycles. The number of para-hydroxylation sites is 1. The van der Waals surface area contributed by atoms with Crippen molar-refractivity contribution in [2.24, 2.45) is 0 Å². The molecule has 1 fully saturated rings. The summed E-state index contributed by atoms with van der Waals surface area (Å²) < 4.78 is 10.9. The first-order valence-corrected chi connectivity index (χ1v) is 13.3. The monoisotopic (exact) mass is 521 g/mol. The molecule has 37 heavy (non-hydrogen) atoms. The van der Waals surface area contributed by atoms with Gasteiger partial charge >= 0.3 is 6.03 Å². The van der Waals surface area contributed by atoms with Gasteiger partial charge < -0.3 is 24.6 Å². The van der Waals surface area contributed by atoms with Gasteiger partial charge in [-0.25, -0.2) is 9.78 Å². The van der Waals surface area contributed by atoms with Gasteiger partial charge in [-0.05, 0) is 43.7 Å². The molecule has 0 bridgehead atoms. The van der Waals surface area contributed by atoms with Gasteiger partial charge in [-0.1, -0.05) is 24.3 Å². The van der Waals surface area contributed by atoms with Gasteiger partial charge in [0.2, 0.25) is 6.79 Å². The highest BCUT2D eigenvalue weighted by molar-refractivity contribution is 7.09. The molecule has 1 N–H and O–H groups in total. The molecule has 0 aliphatic carbocycles. The van der Waals surface area contributed by atoms with Crippen LogP contribution in [0.5, 0.6) is 11.5 Å². The molecular formula is C27H31N5O4S. The van der Waals surface area contributed by atoms with Crippen LogP contribution in [-0.4, -0.2) is 70.6 Å². The Morgan fingerprint density at radius 1 is 1.05 bits per heavy atom. The zero-order valence-electron chi connectivity index (χ0n) is 21.1. The van der Waals surface area contributed by atoms with Crippen molar-refractivity contribution in [3.8, 4) is 11.5 Å². The Balaban J connectivity index is 1.14. The summed E-state index contributed by atoms with van der Waals surface area (Å²) in [4.78, 5) is 36.5.